The van der Waals surface area contributed by atoms with Crippen molar-refractivity contribution in [2.24, 2.45) is 10.2 Å². The van der Waals surface area contributed by atoms with Crippen molar-refractivity contribution in [1.82, 2.24) is 0 Å². The van der Waals surface area contributed by atoms with Crippen LogP contribution in [0.5, 0.6) is 0 Å². The van der Waals surface area contributed by atoms with E-state index in [-0.39, 0.29) is 11.6 Å². The van der Waals surface area contributed by atoms with Gasteiger partial charge >= 0.3 is 0 Å². The van der Waals surface area contributed by atoms with E-state index in [0.29, 0.717) is 34.5 Å². The van der Waals surface area contributed by atoms with Crippen LogP contribution in [-0.4, -0.2) is 11.6 Å². The van der Waals surface area contributed by atoms with Gasteiger partial charge in [-0.3, -0.25) is 9.59 Å². The minimum absolute atomic E-state index is 0.0973. The molecule has 1 aliphatic carbocycles. The van der Waals surface area contributed by atoms with E-state index in [0.717, 1.165) is 5.56 Å². The lowest BCUT2D eigenvalue weighted by Gasteiger charge is -2.19. The SMILES string of the molecule is O=C1c2ccccc2C(=O)c2c1ccc1c2CN=N1. The number of carbonyl (C=O) groups excluding carboxylic acids is 2. The highest BCUT2D eigenvalue weighted by molar-refractivity contribution is 6.29. The smallest absolute Gasteiger partial charge is 0.194 e. The van der Waals surface area contributed by atoms with E-state index in [1.165, 1.54) is 0 Å². The lowest BCUT2D eigenvalue weighted by molar-refractivity contribution is 0.0978. The Morgan fingerprint density at radius 1 is 0.842 bits per heavy atom. The largest absolute Gasteiger partial charge is 0.289 e. The standard InChI is InChI=1S/C15H8N2O2/c18-14-8-3-1-2-4-9(8)15(19)13-10(14)5-6-12-11(13)7-16-17-12/h1-6H,7H2. The van der Waals surface area contributed by atoms with Crippen molar-refractivity contribution in [3.05, 3.63) is 64.2 Å². The molecule has 0 fully saturated rings. The first-order chi connectivity index (χ1) is 9.27. The van der Waals surface area contributed by atoms with Gasteiger partial charge in [-0.25, -0.2) is 0 Å². The van der Waals surface area contributed by atoms with Crippen LogP contribution in [0.3, 0.4) is 0 Å². The van der Waals surface area contributed by atoms with Crippen LogP contribution in [0.2, 0.25) is 0 Å². The number of hydrogen-bond donors (Lipinski definition) is 0. The Labute approximate surface area is 108 Å². The van der Waals surface area contributed by atoms with Crippen LogP contribution in [0, 0.1) is 0 Å². The average molecular weight is 248 g/mol. The van der Waals surface area contributed by atoms with Gasteiger partial charge in [-0.15, -0.1) is 0 Å². The van der Waals surface area contributed by atoms with Gasteiger partial charge in [0.05, 0.1) is 12.2 Å². The molecule has 4 heteroatoms. The topological polar surface area (TPSA) is 58.9 Å². The lowest BCUT2D eigenvalue weighted by atomic mass is 9.81. The first-order valence-corrected chi connectivity index (χ1v) is 5.99. The molecular formula is C15H8N2O2. The van der Waals surface area contributed by atoms with Crippen LogP contribution in [0.1, 0.15) is 37.4 Å². The first-order valence-electron chi connectivity index (χ1n) is 5.99. The number of azo groups is 1. The van der Waals surface area contributed by atoms with Gasteiger partial charge in [0.15, 0.2) is 11.6 Å². The number of ketones is 2. The summed E-state index contributed by atoms with van der Waals surface area (Å²) in [5.74, 6) is -0.200. The van der Waals surface area contributed by atoms with Gasteiger partial charge in [-0.05, 0) is 12.1 Å². The molecule has 1 aliphatic heterocycles. The van der Waals surface area contributed by atoms with Crippen molar-refractivity contribution in [2.75, 3.05) is 0 Å². The van der Waals surface area contributed by atoms with E-state index in [2.05, 4.69) is 10.2 Å². The van der Waals surface area contributed by atoms with E-state index < -0.39 is 0 Å². The van der Waals surface area contributed by atoms with Crippen LogP contribution in [0.25, 0.3) is 0 Å². The monoisotopic (exact) mass is 248 g/mol. The molecule has 2 aromatic rings. The zero-order valence-corrected chi connectivity index (χ0v) is 9.88. The summed E-state index contributed by atoms with van der Waals surface area (Å²) >= 11 is 0. The molecule has 2 aromatic carbocycles. The first kappa shape index (κ1) is 10.3. The summed E-state index contributed by atoms with van der Waals surface area (Å²) < 4.78 is 0. The second-order valence-electron chi connectivity index (χ2n) is 4.59. The molecule has 0 spiro atoms. The van der Waals surface area contributed by atoms with Crippen molar-refractivity contribution >= 4 is 17.3 Å². The van der Waals surface area contributed by atoms with Gasteiger partial charge in [-0.2, -0.15) is 10.2 Å². The summed E-state index contributed by atoms with van der Waals surface area (Å²) in [6.07, 6.45) is 0. The molecule has 0 bridgehead atoms. The van der Waals surface area contributed by atoms with Crippen LogP contribution < -0.4 is 0 Å². The molecule has 0 atom stereocenters. The zero-order valence-electron chi connectivity index (χ0n) is 9.88. The van der Waals surface area contributed by atoms with Gasteiger partial charge in [-0.1, -0.05) is 24.3 Å². The quantitative estimate of drug-likeness (QED) is 0.613. The lowest BCUT2D eigenvalue weighted by Crippen LogP contribution is -2.22. The Bertz CT molecular complexity index is 791. The third-order valence-corrected chi connectivity index (χ3v) is 3.58. The number of benzene rings is 2. The third kappa shape index (κ3) is 1.23. The maximum absolute atomic E-state index is 12.6. The van der Waals surface area contributed by atoms with E-state index in [4.69, 9.17) is 0 Å². The molecule has 0 N–H and O–H groups in total. The molecule has 0 unspecified atom stereocenters. The Balaban J connectivity index is 2.06. The number of nitrogens with zero attached hydrogens (tertiary/aromatic N) is 2. The Kier molecular flexibility index (Phi) is 1.87. The van der Waals surface area contributed by atoms with Gasteiger partial charge in [0.25, 0.3) is 0 Å². The fraction of sp³-hybridized carbons (Fsp3) is 0.0667. The van der Waals surface area contributed by atoms with E-state index >= 15 is 0 Å². The Morgan fingerprint density at radius 2 is 1.58 bits per heavy atom. The highest BCUT2D eigenvalue weighted by Crippen LogP contribution is 2.37. The summed E-state index contributed by atoms with van der Waals surface area (Å²) in [4.78, 5) is 25.0. The molecule has 0 amide bonds. The second-order valence-corrected chi connectivity index (χ2v) is 4.59. The molecular weight excluding hydrogens is 240 g/mol. The predicted octanol–water partition coefficient (Wildman–Crippen LogP) is 3.06. The number of carbonyl (C=O) groups is 2. The molecule has 19 heavy (non-hydrogen) atoms. The number of hydrogen-bond acceptors (Lipinski definition) is 4. The molecule has 0 saturated carbocycles. The number of fused-ring (bicyclic) bond motifs is 4. The minimum atomic E-state index is -0.102. The van der Waals surface area contributed by atoms with E-state index in [1.807, 2.05) is 0 Å². The Hall–Kier alpha value is -2.62. The Morgan fingerprint density at radius 3 is 2.37 bits per heavy atom. The molecule has 0 aromatic heterocycles. The predicted molar refractivity (Wildman–Crippen MR) is 68.0 cm³/mol. The maximum atomic E-state index is 12.6. The van der Waals surface area contributed by atoms with Gasteiger partial charge in [0, 0.05) is 27.8 Å². The highest BCUT2D eigenvalue weighted by Gasteiger charge is 2.33. The fourth-order valence-corrected chi connectivity index (χ4v) is 2.68. The van der Waals surface area contributed by atoms with Crippen LogP contribution in [-0.2, 0) is 6.54 Å². The summed E-state index contributed by atoms with van der Waals surface area (Å²) in [5.41, 5.74) is 3.36. The third-order valence-electron chi connectivity index (χ3n) is 3.58. The van der Waals surface area contributed by atoms with E-state index in [9.17, 15) is 9.59 Å². The van der Waals surface area contributed by atoms with Gasteiger partial charge in [0.2, 0.25) is 0 Å². The molecule has 0 saturated heterocycles. The van der Waals surface area contributed by atoms with E-state index in [1.54, 1.807) is 36.4 Å². The van der Waals surface area contributed by atoms with Gasteiger partial charge in [0.1, 0.15) is 0 Å². The number of rotatable bonds is 0. The van der Waals surface area contributed by atoms with Crippen LogP contribution >= 0.6 is 0 Å². The highest BCUT2D eigenvalue weighted by atomic mass is 16.1. The average Bonchev–Trinajstić information content (AvgIpc) is 2.92. The molecule has 1 heterocycles. The van der Waals surface area contributed by atoms with Gasteiger partial charge < -0.3 is 0 Å². The second kappa shape index (κ2) is 3.45. The minimum Gasteiger partial charge on any atom is -0.289 e. The molecule has 0 radical (unpaired) electrons. The zero-order chi connectivity index (χ0) is 13.0. The summed E-state index contributed by atoms with van der Waals surface area (Å²) in [5, 5.41) is 7.92. The summed E-state index contributed by atoms with van der Waals surface area (Å²) in [7, 11) is 0. The fourth-order valence-electron chi connectivity index (χ4n) is 2.68. The van der Waals surface area contributed by atoms with Crippen molar-refractivity contribution in [3.63, 3.8) is 0 Å². The molecule has 90 valence electrons. The van der Waals surface area contributed by atoms with Crippen LogP contribution in [0.4, 0.5) is 5.69 Å². The van der Waals surface area contributed by atoms with Crippen molar-refractivity contribution in [3.8, 4) is 0 Å². The van der Waals surface area contributed by atoms with Crippen molar-refractivity contribution in [1.29, 1.82) is 0 Å². The normalized spacial score (nSPS) is 15.2. The summed E-state index contributed by atoms with van der Waals surface area (Å²) in [6, 6.07) is 10.4. The van der Waals surface area contributed by atoms with Crippen molar-refractivity contribution < 1.29 is 9.59 Å². The van der Waals surface area contributed by atoms with Crippen molar-refractivity contribution in [2.45, 2.75) is 6.54 Å². The maximum Gasteiger partial charge on any atom is 0.194 e. The molecule has 4 nitrogen and oxygen atoms in total. The summed E-state index contributed by atoms with van der Waals surface area (Å²) in [6.45, 7) is 0.375. The van der Waals surface area contributed by atoms with Crippen LogP contribution in [0.15, 0.2) is 46.6 Å². The molecule has 4 rings (SSSR count). The molecule has 2 aliphatic rings.